The lowest BCUT2D eigenvalue weighted by atomic mass is 9.96. The van der Waals surface area contributed by atoms with Gasteiger partial charge in [0.1, 0.15) is 0 Å². The summed E-state index contributed by atoms with van der Waals surface area (Å²) < 4.78 is 8.88. The van der Waals surface area contributed by atoms with Gasteiger partial charge in [0.2, 0.25) is 0 Å². The van der Waals surface area contributed by atoms with Gasteiger partial charge < -0.3 is 20.0 Å². The van der Waals surface area contributed by atoms with Crippen molar-refractivity contribution in [1.82, 2.24) is 5.32 Å². The summed E-state index contributed by atoms with van der Waals surface area (Å²) in [7, 11) is -2.57. The molecular weight excluding hydrogens is 337 g/mol. The zero-order chi connectivity index (χ0) is 19.6. The minimum Gasteiger partial charge on any atom is -0.315 e. The molecule has 0 saturated heterocycles. The molecule has 0 heterocycles. The fourth-order valence-corrected chi connectivity index (χ4v) is 2.71. The van der Waals surface area contributed by atoms with E-state index in [4.69, 9.17) is 19.2 Å². The number of nitrogens with one attached hydrogen (secondary N) is 1. The minimum atomic E-state index is -4.64. The molecule has 0 amide bonds. The van der Waals surface area contributed by atoms with Crippen molar-refractivity contribution < 1.29 is 19.2 Å². The van der Waals surface area contributed by atoms with Gasteiger partial charge in [0.25, 0.3) is 0 Å². The van der Waals surface area contributed by atoms with Crippen LogP contribution in [0.4, 0.5) is 0 Å². The smallest absolute Gasteiger partial charge is 0.315 e. The zero-order valence-electron chi connectivity index (χ0n) is 17.1. The Morgan fingerprint density at radius 2 is 1.00 bits per heavy atom. The van der Waals surface area contributed by atoms with Crippen LogP contribution in [0, 0.1) is 0 Å². The quantitative estimate of drug-likeness (QED) is 0.221. The number of hydrogen-bond acceptors (Lipinski definition) is 2. The van der Waals surface area contributed by atoms with E-state index in [1.165, 1.54) is 89.9 Å². The van der Waals surface area contributed by atoms with Crippen LogP contribution in [0.2, 0.25) is 0 Å². The molecule has 0 rings (SSSR count). The first-order valence-corrected chi connectivity index (χ1v) is 11.7. The molecule has 0 spiro atoms. The van der Waals surface area contributed by atoms with E-state index >= 15 is 0 Å². The molecule has 0 aliphatic carbocycles. The van der Waals surface area contributed by atoms with Gasteiger partial charge >= 0.3 is 7.82 Å². The van der Waals surface area contributed by atoms with Crippen LogP contribution in [0.25, 0.3) is 0 Å². The third-order valence-corrected chi connectivity index (χ3v) is 4.58. The van der Waals surface area contributed by atoms with Gasteiger partial charge in [-0.15, -0.1) is 0 Å². The summed E-state index contributed by atoms with van der Waals surface area (Å²) in [5.74, 6) is 0. The van der Waals surface area contributed by atoms with E-state index in [1.807, 2.05) is 0 Å². The van der Waals surface area contributed by atoms with Crippen LogP contribution in [0.1, 0.15) is 111 Å². The van der Waals surface area contributed by atoms with Crippen LogP contribution in [-0.4, -0.2) is 27.3 Å². The summed E-state index contributed by atoms with van der Waals surface area (Å²) in [5.41, 5.74) is 0.331. The van der Waals surface area contributed by atoms with Crippen molar-refractivity contribution in [2.45, 2.75) is 116 Å². The zero-order valence-corrected chi connectivity index (χ0v) is 18.0. The fraction of sp³-hybridized carbons (Fsp3) is 1.00. The van der Waals surface area contributed by atoms with E-state index in [1.54, 1.807) is 0 Å². The van der Waals surface area contributed by atoms with E-state index in [9.17, 15) is 0 Å². The standard InChI is InChI=1S/C19H41N.H3O4P/c1-5-6-7-8-9-10-11-12-13-14-15-16-17-18-19(2,3)20-4;1-5(2,3)4/h20H,5-18H2,1-4H3;(H3,1,2,3,4). The van der Waals surface area contributed by atoms with Crippen LogP contribution in [-0.2, 0) is 4.57 Å². The topological polar surface area (TPSA) is 89.8 Å². The van der Waals surface area contributed by atoms with Gasteiger partial charge in [0.15, 0.2) is 0 Å². The minimum absolute atomic E-state index is 0.331. The van der Waals surface area contributed by atoms with E-state index in [0.717, 1.165) is 0 Å². The van der Waals surface area contributed by atoms with E-state index < -0.39 is 7.82 Å². The largest absolute Gasteiger partial charge is 0.466 e. The van der Waals surface area contributed by atoms with Gasteiger partial charge in [-0.1, -0.05) is 90.4 Å². The van der Waals surface area contributed by atoms with Crippen molar-refractivity contribution in [3.63, 3.8) is 0 Å². The first-order valence-electron chi connectivity index (χ1n) is 10.1. The van der Waals surface area contributed by atoms with Crippen molar-refractivity contribution >= 4 is 7.82 Å². The molecule has 0 fully saturated rings. The monoisotopic (exact) mass is 381 g/mol. The third kappa shape index (κ3) is 32.2. The average Bonchev–Trinajstić information content (AvgIpc) is 2.50. The maximum absolute atomic E-state index is 8.88. The number of phosphoric acid groups is 1. The summed E-state index contributed by atoms with van der Waals surface area (Å²) in [6.45, 7) is 6.89. The predicted octanol–water partition coefficient (Wildman–Crippen LogP) is 5.54. The molecule has 0 unspecified atom stereocenters. The van der Waals surface area contributed by atoms with E-state index in [-0.39, 0.29) is 0 Å². The lowest BCUT2D eigenvalue weighted by Gasteiger charge is -2.23. The van der Waals surface area contributed by atoms with Gasteiger partial charge in [-0.2, -0.15) is 0 Å². The Morgan fingerprint density at radius 1 is 0.720 bits per heavy atom. The molecule has 0 aliphatic rings. The summed E-state index contributed by atoms with van der Waals surface area (Å²) in [6, 6.07) is 0. The van der Waals surface area contributed by atoms with Crippen LogP contribution >= 0.6 is 7.82 Å². The SMILES string of the molecule is CCCCCCCCCCCCCCCC(C)(C)NC.O=P(O)(O)O. The normalized spacial score (nSPS) is 12.0. The van der Waals surface area contributed by atoms with Crippen molar-refractivity contribution in [2.75, 3.05) is 7.05 Å². The Morgan fingerprint density at radius 3 is 1.28 bits per heavy atom. The molecule has 4 N–H and O–H groups in total. The molecule has 0 saturated carbocycles. The summed E-state index contributed by atoms with van der Waals surface area (Å²) in [5, 5.41) is 3.38. The van der Waals surface area contributed by atoms with Crippen molar-refractivity contribution in [2.24, 2.45) is 0 Å². The molecule has 0 aliphatic heterocycles. The van der Waals surface area contributed by atoms with Crippen molar-refractivity contribution in [3.05, 3.63) is 0 Å². The fourth-order valence-electron chi connectivity index (χ4n) is 2.71. The predicted molar refractivity (Wildman–Crippen MR) is 108 cm³/mol. The van der Waals surface area contributed by atoms with E-state index in [2.05, 4.69) is 33.1 Å². The Balaban J connectivity index is 0. The number of unbranched alkanes of at least 4 members (excludes halogenated alkanes) is 12. The molecule has 0 bridgehead atoms. The Bertz CT molecular complexity index is 310. The first kappa shape index (κ1) is 27.3. The first-order chi connectivity index (χ1) is 11.6. The molecule has 0 aromatic rings. The molecule has 154 valence electrons. The number of rotatable bonds is 15. The lowest BCUT2D eigenvalue weighted by molar-refractivity contribution is 0.275. The van der Waals surface area contributed by atoms with Crippen LogP contribution in [0.5, 0.6) is 0 Å². The molecule has 6 heteroatoms. The second kappa shape index (κ2) is 17.5. The van der Waals surface area contributed by atoms with Crippen LogP contribution in [0.15, 0.2) is 0 Å². The second-order valence-corrected chi connectivity index (χ2v) is 8.67. The van der Waals surface area contributed by atoms with Gasteiger partial charge in [0, 0.05) is 5.54 Å². The van der Waals surface area contributed by atoms with Crippen molar-refractivity contribution in [1.29, 1.82) is 0 Å². The molecular formula is C19H44NO4P. The summed E-state index contributed by atoms with van der Waals surface area (Å²) >= 11 is 0. The van der Waals surface area contributed by atoms with Crippen molar-refractivity contribution in [3.8, 4) is 0 Å². The maximum atomic E-state index is 8.88. The molecule has 0 atom stereocenters. The van der Waals surface area contributed by atoms with Crippen LogP contribution < -0.4 is 5.32 Å². The average molecular weight is 382 g/mol. The lowest BCUT2D eigenvalue weighted by Crippen LogP contribution is -2.35. The van der Waals surface area contributed by atoms with Gasteiger partial charge in [-0.05, 0) is 27.3 Å². The summed E-state index contributed by atoms with van der Waals surface area (Å²) in [6.07, 6.45) is 20.1. The second-order valence-electron chi connectivity index (χ2n) is 7.64. The van der Waals surface area contributed by atoms with Crippen LogP contribution in [0.3, 0.4) is 0 Å². The Labute approximate surface area is 156 Å². The highest BCUT2D eigenvalue weighted by atomic mass is 31.2. The van der Waals surface area contributed by atoms with Gasteiger partial charge in [-0.3, -0.25) is 0 Å². The van der Waals surface area contributed by atoms with Gasteiger partial charge in [-0.25, -0.2) is 4.57 Å². The van der Waals surface area contributed by atoms with E-state index in [0.29, 0.717) is 5.54 Å². The molecule has 0 aromatic carbocycles. The number of hydrogen-bond donors (Lipinski definition) is 4. The molecule has 0 aromatic heterocycles. The summed E-state index contributed by atoms with van der Waals surface area (Å²) in [4.78, 5) is 21.6. The third-order valence-electron chi connectivity index (χ3n) is 4.58. The molecule has 5 nitrogen and oxygen atoms in total. The molecule has 25 heavy (non-hydrogen) atoms. The van der Waals surface area contributed by atoms with Gasteiger partial charge in [0.05, 0.1) is 0 Å². The molecule has 0 radical (unpaired) electrons. The maximum Gasteiger partial charge on any atom is 0.466 e. The highest BCUT2D eigenvalue weighted by Crippen LogP contribution is 2.25. The Kier molecular flexibility index (Phi) is 19.1. The highest BCUT2D eigenvalue weighted by molar-refractivity contribution is 7.45. The highest BCUT2D eigenvalue weighted by Gasteiger charge is 2.12. The Hall–Kier alpha value is 0.0700.